The first kappa shape index (κ1) is 16.9. The average molecular weight is 340 g/mol. The summed E-state index contributed by atoms with van der Waals surface area (Å²) < 4.78 is 0. The van der Waals surface area contributed by atoms with Gasteiger partial charge in [0, 0.05) is 44.5 Å². The lowest BCUT2D eigenvalue weighted by Crippen LogP contribution is -2.50. The Kier molecular flexibility index (Phi) is 4.92. The van der Waals surface area contributed by atoms with E-state index in [0.717, 1.165) is 24.5 Å². The van der Waals surface area contributed by atoms with Crippen molar-refractivity contribution in [2.75, 3.05) is 31.1 Å². The van der Waals surface area contributed by atoms with Crippen molar-refractivity contribution >= 4 is 17.4 Å². The van der Waals surface area contributed by atoms with Crippen molar-refractivity contribution in [3.63, 3.8) is 0 Å². The number of amides is 1. The van der Waals surface area contributed by atoms with Crippen molar-refractivity contribution in [2.24, 2.45) is 0 Å². The highest BCUT2D eigenvalue weighted by Crippen LogP contribution is 2.22. The number of nitro benzene ring substituents is 1. The molecule has 0 radical (unpaired) electrons. The van der Waals surface area contributed by atoms with E-state index in [1.165, 1.54) is 12.1 Å². The molecule has 0 bridgehead atoms. The SMILES string of the molecule is C[C@H](C(=O)N1CCN(c2ccccn2)CC1)c1ccc([N+](=O)[O-])cc1. The molecule has 1 aliphatic heterocycles. The highest BCUT2D eigenvalue weighted by Gasteiger charge is 2.26. The van der Waals surface area contributed by atoms with E-state index in [9.17, 15) is 14.9 Å². The highest BCUT2D eigenvalue weighted by molar-refractivity contribution is 5.83. The predicted octanol–water partition coefficient (Wildman–Crippen LogP) is 2.44. The third-order valence-corrected chi connectivity index (χ3v) is 4.54. The molecular weight excluding hydrogens is 320 g/mol. The first-order chi connectivity index (χ1) is 12.1. The zero-order chi connectivity index (χ0) is 17.8. The second-order valence-corrected chi connectivity index (χ2v) is 6.07. The smallest absolute Gasteiger partial charge is 0.269 e. The van der Waals surface area contributed by atoms with Gasteiger partial charge in [0.1, 0.15) is 5.82 Å². The molecule has 0 aliphatic carbocycles. The topological polar surface area (TPSA) is 79.6 Å². The Morgan fingerprint density at radius 1 is 1.12 bits per heavy atom. The van der Waals surface area contributed by atoms with E-state index < -0.39 is 4.92 Å². The third kappa shape index (κ3) is 3.76. The van der Waals surface area contributed by atoms with Gasteiger partial charge in [0.15, 0.2) is 0 Å². The molecule has 130 valence electrons. The van der Waals surface area contributed by atoms with Crippen LogP contribution in [0.15, 0.2) is 48.7 Å². The van der Waals surface area contributed by atoms with Gasteiger partial charge < -0.3 is 9.80 Å². The molecular formula is C18H20N4O3. The molecule has 3 rings (SSSR count). The Labute approximate surface area is 146 Å². The van der Waals surface area contributed by atoms with Gasteiger partial charge in [-0.25, -0.2) is 4.98 Å². The van der Waals surface area contributed by atoms with Crippen LogP contribution in [-0.2, 0) is 4.79 Å². The van der Waals surface area contributed by atoms with E-state index in [0.29, 0.717) is 13.1 Å². The van der Waals surface area contributed by atoms with Crippen LogP contribution in [0.3, 0.4) is 0 Å². The lowest BCUT2D eigenvalue weighted by Gasteiger charge is -2.36. The first-order valence-corrected chi connectivity index (χ1v) is 8.25. The number of anilines is 1. The molecule has 2 aromatic rings. The summed E-state index contributed by atoms with van der Waals surface area (Å²) in [6, 6.07) is 12.0. The van der Waals surface area contributed by atoms with E-state index in [1.54, 1.807) is 18.3 Å². The molecule has 1 saturated heterocycles. The second kappa shape index (κ2) is 7.29. The number of benzene rings is 1. The van der Waals surface area contributed by atoms with Crippen molar-refractivity contribution in [2.45, 2.75) is 12.8 Å². The molecule has 1 fully saturated rings. The second-order valence-electron chi connectivity index (χ2n) is 6.07. The molecule has 1 aromatic heterocycles. The fourth-order valence-corrected chi connectivity index (χ4v) is 3.00. The van der Waals surface area contributed by atoms with Crippen LogP contribution in [0.2, 0.25) is 0 Å². The quantitative estimate of drug-likeness (QED) is 0.631. The van der Waals surface area contributed by atoms with Crippen molar-refractivity contribution in [1.29, 1.82) is 0 Å². The number of rotatable bonds is 4. The molecule has 7 nitrogen and oxygen atoms in total. The van der Waals surface area contributed by atoms with Crippen LogP contribution in [0.4, 0.5) is 11.5 Å². The molecule has 1 aromatic carbocycles. The Morgan fingerprint density at radius 2 is 1.80 bits per heavy atom. The van der Waals surface area contributed by atoms with Gasteiger partial charge >= 0.3 is 0 Å². The van der Waals surface area contributed by atoms with Crippen molar-refractivity contribution in [3.05, 3.63) is 64.3 Å². The Bertz CT molecular complexity index is 741. The van der Waals surface area contributed by atoms with Crippen molar-refractivity contribution < 1.29 is 9.72 Å². The number of hydrogen-bond donors (Lipinski definition) is 0. The summed E-state index contributed by atoms with van der Waals surface area (Å²) in [4.78, 5) is 31.4. The minimum Gasteiger partial charge on any atom is -0.353 e. The summed E-state index contributed by atoms with van der Waals surface area (Å²) in [5.41, 5.74) is 0.829. The summed E-state index contributed by atoms with van der Waals surface area (Å²) in [5.74, 6) is 0.662. The molecule has 0 unspecified atom stereocenters. The van der Waals surface area contributed by atoms with Gasteiger partial charge in [-0.15, -0.1) is 0 Å². The largest absolute Gasteiger partial charge is 0.353 e. The molecule has 2 heterocycles. The van der Waals surface area contributed by atoms with Crippen LogP contribution >= 0.6 is 0 Å². The summed E-state index contributed by atoms with van der Waals surface area (Å²) in [6.07, 6.45) is 1.77. The van der Waals surface area contributed by atoms with Gasteiger partial charge in [-0.1, -0.05) is 18.2 Å². The van der Waals surface area contributed by atoms with Gasteiger partial charge in [-0.2, -0.15) is 0 Å². The fraction of sp³-hybridized carbons (Fsp3) is 0.333. The molecule has 0 N–H and O–H groups in total. The molecule has 0 saturated carbocycles. The number of nitro groups is 1. The van der Waals surface area contributed by atoms with E-state index in [-0.39, 0.29) is 17.5 Å². The van der Waals surface area contributed by atoms with Crippen LogP contribution in [0.5, 0.6) is 0 Å². The summed E-state index contributed by atoms with van der Waals surface area (Å²) in [5, 5.41) is 10.7. The van der Waals surface area contributed by atoms with Crippen LogP contribution in [-0.4, -0.2) is 46.9 Å². The van der Waals surface area contributed by atoms with E-state index in [1.807, 2.05) is 30.0 Å². The van der Waals surface area contributed by atoms with Crippen LogP contribution in [0.1, 0.15) is 18.4 Å². The monoisotopic (exact) mass is 340 g/mol. The van der Waals surface area contributed by atoms with Crippen molar-refractivity contribution in [1.82, 2.24) is 9.88 Å². The maximum Gasteiger partial charge on any atom is 0.269 e. The van der Waals surface area contributed by atoms with Crippen LogP contribution in [0, 0.1) is 10.1 Å². The number of nitrogens with zero attached hydrogens (tertiary/aromatic N) is 4. The molecule has 25 heavy (non-hydrogen) atoms. The highest BCUT2D eigenvalue weighted by atomic mass is 16.6. The number of non-ortho nitro benzene ring substituents is 1. The summed E-state index contributed by atoms with van der Waals surface area (Å²) in [7, 11) is 0. The van der Waals surface area contributed by atoms with E-state index in [2.05, 4.69) is 9.88 Å². The van der Waals surface area contributed by atoms with Crippen molar-refractivity contribution in [3.8, 4) is 0 Å². The minimum atomic E-state index is -0.437. The van der Waals surface area contributed by atoms with Gasteiger partial charge in [-0.05, 0) is 24.6 Å². The first-order valence-electron chi connectivity index (χ1n) is 8.25. The Balaban J connectivity index is 1.61. The number of carbonyl (C=O) groups is 1. The minimum absolute atomic E-state index is 0.0346. The Morgan fingerprint density at radius 3 is 2.36 bits per heavy atom. The van der Waals surface area contributed by atoms with Crippen LogP contribution in [0.25, 0.3) is 0 Å². The number of hydrogen-bond acceptors (Lipinski definition) is 5. The average Bonchev–Trinajstić information content (AvgIpc) is 2.67. The molecule has 1 amide bonds. The molecule has 7 heteroatoms. The standard InChI is InChI=1S/C18H20N4O3/c1-14(15-5-7-16(8-6-15)22(24)25)18(23)21-12-10-20(11-13-21)17-4-2-3-9-19-17/h2-9,14H,10-13H2,1H3/t14-/m0/s1. The van der Waals surface area contributed by atoms with Gasteiger partial charge in [0.2, 0.25) is 5.91 Å². The zero-order valence-electron chi connectivity index (χ0n) is 14.0. The zero-order valence-corrected chi connectivity index (χ0v) is 14.0. The predicted molar refractivity (Wildman–Crippen MR) is 94.5 cm³/mol. The number of aromatic nitrogens is 1. The number of piperazine rings is 1. The number of carbonyl (C=O) groups excluding carboxylic acids is 1. The molecule has 1 aliphatic rings. The van der Waals surface area contributed by atoms with E-state index >= 15 is 0 Å². The maximum atomic E-state index is 12.7. The summed E-state index contributed by atoms with van der Waals surface area (Å²) in [6.45, 7) is 4.62. The lowest BCUT2D eigenvalue weighted by atomic mass is 9.99. The Hall–Kier alpha value is -2.96. The third-order valence-electron chi connectivity index (χ3n) is 4.54. The van der Waals surface area contributed by atoms with Gasteiger partial charge in [0.05, 0.1) is 10.8 Å². The van der Waals surface area contributed by atoms with Crippen LogP contribution < -0.4 is 4.90 Å². The normalized spacial score (nSPS) is 15.7. The van der Waals surface area contributed by atoms with Gasteiger partial charge in [0.25, 0.3) is 5.69 Å². The maximum absolute atomic E-state index is 12.7. The lowest BCUT2D eigenvalue weighted by molar-refractivity contribution is -0.384. The summed E-state index contributed by atoms with van der Waals surface area (Å²) >= 11 is 0. The molecule has 1 atom stereocenters. The van der Waals surface area contributed by atoms with Gasteiger partial charge in [-0.3, -0.25) is 14.9 Å². The fourth-order valence-electron chi connectivity index (χ4n) is 3.00. The van der Waals surface area contributed by atoms with E-state index in [4.69, 9.17) is 0 Å². The molecule has 0 spiro atoms. The number of pyridine rings is 1.